The maximum Gasteiger partial charge on any atom is 0.252 e. The Kier molecular flexibility index (Phi) is 6.70. The van der Waals surface area contributed by atoms with Crippen molar-refractivity contribution in [3.8, 4) is 5.75 Å². The van der Waals surface area contributed by atoms with E-state index in [1.165, 1.54) is 0 Å². The van der Waals surface area contributed by atoms with Crippen molar-refractivity contribution >= 4 is 23.4 Å². The normalized spacial score (nSPS) is 23.4. The van der Waals surface area contributed by atoms with E-state index in [9.17, 15) is 29.7 Å². The molecule has 0 radical (unpaired) electrons. The Morgan fingerprint density at radius 2 is 1.89 bits per heavy atom. The van der Waals surface area contributed by atoms with E-state index < -0.39 is 11.8 Å². The van der Waals surface area contributed by atoms with Crippen LogP contribution in [0.3, 0.4) is 0 Å². The van der Waals surface area contributed by atoms with Crippen LogP contribution in [0, 0.1) is 17.8 Å². The van der Waals surface area contributed by atoms with Crippen LogP contribution in [-0.2, 0) is 33.8 Å². The maximum absolute atomic E-state index is 13.7. The number of hydrogen-bond acceptors (Lipinski definition) is 7. The van der Waals surface area contributed by atoms with E-state index >= 15 is 0 Å². The number of aromatic hydroxyl groups is 1. The number of benzene rings is 1. The van der Waals surface area contributed by atoms with Gasteiger partial charge in [0.1, 0.15) is 17.3 Å². The van der Waals surface area contributed by atoms with Crippen molar-refractivity contribution in [2.75, 3.05) is 20.6 Å². The number of rotatable bonds is 6. The van der Waals surface area contributed by atoms with Gasteiger partial charge in [-0.1, -0.05) is 19.6 Å². The Balaban J connectivity index is 1.75. The van der Waals surface area contributed by atoms with E-state index in [-0.39, 0.29) is 82.6 Å². The molecule has 0 aromatic heterocycles. The summed E-state index contributed by atoms with van der Waals surface area (Å²) in [7, 11) is 3.56. The van der Waals surface area contributed by atoms with Gasteiger partial charge in [0.25, 0.3) is 5.91 Å². The second-order valence-electron chi connectivity index (χ2n) is 10.2. The van der Waals surface area contributed by atoms with Crippen molar-refractivity contribution < 1.29 is 29.7 Å². The fraction of sp³-hybridized carbons (Fsp3) is 0.444. The SMILES string of the molecule is C=C1C(C(N)=O)=C(O)CC2C[C@@H]3Cc4c(CC)cc(CNC(=O)CN(C)C)c(O)c4C(O)=C3C(=O)C12. The van der Waals surface area contributed by atoms with Gasteiger partial charge in [-0.2, -0.15) is 0 Å². The van der Waals surface area contributed by atoms with Crippen LogP contribution in [0.5, 0.6) is 5.75 Å². The van der Waals surface area contributed by atoms with Gasteiger partial charge < -0.3 is 31.3 Å². The molecular formula is C27H33N3O6. The quantitative estimate of drug-likeness (QED) is 0.405. The van der Waals surface area contributed by atoms with E-state index in [2.05, 4.69) is 11.9 Å². The monoisotopic (exact) mass is 495 g/mol. The van der Waals surface area contributed by atoms with E-state index in [1.54, 1.807) is 19.0 Å². The number of nitrogens with zero attached hydrogens (tertiary/aromatic N) is 1. The number of primary amides is 1. The zero-order valence-corrected chi connectivity index (χ0v) is 20.9. The van der Waals surface area contributed by atoms with Crippen molar-refractivity contribution in [2.24, 2.45) is 23.5 Å². The summed E-state index contributed by atoms with van der Waals surface area (Å²) < 4.78 is 0. The summed E-state index contributed by atoms with van der Waals surface area (Å²) in [6, 6.07) is 1.84. The van der Waals surface area contributed by atoms with Gasteiger partial charge in [0.2, 0.25) is 5.91 Å². The molecule has 0 spiro atoms. The average molecular weight is 496 g/mol. The molecule has 0 aliphatic heterocycles. The van der Waals surface area contributed by atoms with E-state index in [1.807, 2.05) is 13.0 Å². The minimum atomic E-state index is -0.843. The number of ketones is 1. The number of fused-ring (bicyclic) bond motifs is 3. The minimum Gasteiger partial charge on any atom is -0.511 e. The van der Waals surface area contributed by atoms with Crippen molar-refractivity contribution in [1.29, 1.82) is 0 Å². The van der Waals surface area contributed by atoms with Crippen molar-refractivity contribution in [1.82, 2.24) is 10.2 Å². The number of allylic oxidation sites excluding steroid dienone is 2. The van der Waals surface area contributed by atoms with Gasteiger partial charge in [0.15, 0.2) is 5.78 Å². The first kappa shape index (κ1) is 25.5. The number of hydrogen-bond donors (Lipinski definition) is 5. The highest BCUT2D eigenvalue weighted by Gasteiger charge is 2.49. The first-order valence-corrected chi connectivity index (χ1v) is 12.1. The van der Waals surface area contributed by atoms with Crippen molar-refractivity contribution in [3.05, 3.63) is 57.4 Å². The predicted octanol–water partition coefficient (Wildman–Crippen LogP) is 2.04. The molecule has 192 valence electrons. The molecule has 2 amide bonds. The zero-order valence-electron chi connectivity index (χ0n) is 20.9. The number of nitrogens with one attached hydrogen (secondary N) is 1. The number of likely N-dealkylation sites (N-methyl/N-ethyl adjacent to an activating group) is 1. The molecule has 3 aliphatic carbocycles. The molecule has 1 saturated carbocycles. The van der Waals surface area contributed by atoms with E-state index in [0.29, 0.717) is 24.8 Å². The Morgan fingerprint density at radius 1 is 1.19 bits per heavy atom. The molecule has 3 aliphatic rings. The van der Waals surface area contributed by atoms with Crippen LogP contribution in [0.4, 0.5) is 0 Å². The first-order valence-electron chi connectivity index (χ1n) is 12.1. The van der Waals surface area contributed by atoms with Crippen LogP contribution < -0.4 is 11.1 Å². The third kappa shape index (κ3) is 4.17. The summed E-state index contributed by atoms with van der Waals surface area (Å²) >= 11 is 0. The lowest BCUT2D eigenvalue weighted by Crippen LogP contribution is -2.42. The Labute approximate surface area is 210 Å². The molecule has 3 atom stereocenters. The first-order chi connectivity index (χ1) is 17.0. The smallest absolute Gasteiger partial charge is 0.252 e. The van der Waals surface area contributed by atoms with Crippen LogP contribution >= 0.6 is 0 Å². The second kappa shape index (κ2) is 9.46. The molecule has 1 aromatic carbocycles. The molecule has 0 heterocycles. The number of carbonyl (C=O) groups is 3. The predicted molar refractivity (Wildman–Crippen MR) is 134 cm³/mol. The molecule has 0 saturated heterocycles. The van der Waals surface area contributed by atoms with Crippen molar-refractivity contribution in [2.45, 2.75) is 39.2 Å². The standard InChI is InChI=1S/C27H33N3O6/c1-5-13-6-16(10-29-19(32)11-30(3)4)24(33)23-17(13)8-14-7-15-9-18(31)21(27(28)36)12(2)20(15)25(34)22(14)26(23)35/h6,14-15,20,31,33,35H,2,5,7-11H2,1,3-4H3,(H2,28,36)(H,29,32)/t14-,15?,20?/m1/s1. The highest BCUT2D eigenvalue weighted by atomic mass is 16.3. The van der Waals surface area contributed by atoms with Crippen LogP contribution in [0.1, 0.15) is 42.0 Å². The van der Waals surface area contributed by atoms with Gasteiger partial charge in [0, 0.05) is 24.1 Å². The number of Topliss-reactive ketones (excluding diaryl/α,β-unsaturated/α-hetero) is 1. The van der Waals surface area contributed by atoms with Gasteiger partial charge >= 0.3 is 0 Å². The summed E-state index contributed by atoms with van der Waals surface area (Å²) in [4.78, 5) is 39.5. The fourth-order valence-corrected chi connectivity index (χ4v) is 6.02. The lowest BCUT2D eigenvalue weighted by molar-refractivity contribution is -0.123. The number of aliphatic hydroxyl groups excluding tert-OH is 2. The van der Waals surface area contributed by atoms with Crippen LogP contribution in [0.15, 0.2) is 35.1 Å². The third-order valence-corrected chi connectivity index (χ3v) is 7.54. The average Bonchev–Trinajstić information content (AvgIpc) is 2.77. The van der Waals surface area contributed by atoms with Crippen LogP contribution in [-0.4, -0.2) is 58.5 Å². The number of phenolic OH excluding ortho intramolecular Hbond substituents is 1. The lowest BCUT2D eigenvalue weighted by Gasteiger charge is -2.43. The fourth-order valence-electron chi connectivity index (χ4n) is 6.02. The lowest BCUT2D eigenvalue weighted by atomic mass is 9.60. The number of aliphatic hydroxyl groups is 2. The molecule has 1 fully saturated rings. The Hall–Kier alpha value is -3.59. The van der Waals surface area contributed by atoms with Gasteiger partial charge in [-0.25, -0.2) is 0 Å². The summed E-state index contributed by atoms with van der Waals surface area (Å²) in [5, 5.41) is 35.7. The van der Waals surface area contributed by atoms with Gasteiger partial charge in [0.05, 0.1) is 23.6 Å². The molecule has 4 rings (SSSR count). The molecule has 0 bridgehead atoms. The topological polar surface area (TPSA) is 153 Å². The molecule has 9 nitrogen and oxygen atoms in total. The highest BCUT2D eigenvalue weighted by molar-refractivity contribution is 6.09. The van der Waals surface area contributed by atoms with Crippen molar-refractivity contribution in [3.63, 3.8) is 0 Å². The van der Waals surface area contributed by atoms with E-state index in [4.69, 9.17) is 5.73 Å². The number of phenols is 1. The van der Waals surface area contributed by atoms with E-state index in [0.717, 1.165) is 11.1 Å². The molecule has 36 heavy (non-hydrogen) atoms. The molecule has 9 heteroatoms. The summed E-state index contributed by atoms with van der Waals surface area (Å²) in [5.74, 6) is -3.33. The summed E-state index contributed by atoms with van der Waals surface area (Å²) in [6.45, 7) is 6.14. The van der Waals surface area contributed by atoms with Gasteiger partial charge in [-0.3, -0.25) is 14.4 Å². The Morgan fingerprint density at radius 3 is 2.50 bits per heavy atom. The molecule has 1 aromatic rings. The molecular weight excluding hydrogens is 462 g/mol. The number of carbonyl (C=O) groups excluding carboxylic acids is 3. The maximum atomic E-state index is 13.7. The zero-order chi connectivity index (χ0) is 26.5. The van der Waals surface area contributed by atoms with Gasteiger partial charge in [-0.05, 0) is 61.9 Å². The van der Waals surface area contributed by atoms with Crippen LogP contribution in [0.25, 0.3) is 5.76 Å². The second-order valence-corrected chi connectivity index (χ2v) is 10.2. The highest BCUT2D eigenvalue weighted by Crippen LogP contribution is 2.52. The molecule has 6 N–H and O–H groups in total. The number of amides is 2. The third-order valence-electron chi connectivity index (χ3n) is 7.54. The largest absolute Gasteiger partial charge is 0.511 e. The number of nitrogens with two attached hydrogens (primary N) is 1. The summed E-state index contributed by atoms with van der Waals surface area (Å²) in [6.07, 6.45) is 1.74. The summed E-state index contributed by atoms with van der Waals surface area (Å²) in [5.41, 5.74) is 8.06. The molecule has 2 unspecified atom stereocenters. The Bertz CT molecular complexity index is 1240. The minimum absolute atomic E-state index is 0.0757. The van der Waals surface area contributed by atoms with Crippen LogP contribution in [0.2, 0.25) is 0 Å². The van der Waals surface area contributed by atoms with Gasteiger partial charge in [-0.15, -0.1) is 0 Å². The number of aryl methyl sites for hydroxylation is 1.